The molecule has 0 amide bonds. The zero-order valence-electron chi connectivity index (χ0n) is 10.7. The summed E-state index contributed by atoms with van der Waals surface area (Å²) in [6.07, 6.45) is 5.02. The van der Waals surface area contributed by atoms with Crippen LogP contribution in [0, 0.1) is 0 Å². The van der Waals surface area contributed by atoms with Gasteiger partial charge in [-0.1, -0.05) is 12.8 Å². The summed E-state index contributed by atoms with van der Waals surface area (Å²) in [6, 6.07) is 0.620. The molecule has 0 saturated heterocycles. The molecule has 0 aromatic carbocycles. The minimum Gasteiger partial charge on any atom is -0.383 e. The monoisotopic (exact) mass is 216 g/mol. The number of ether oxygens (including phenoxy) is 1. The van der Waals surface area contributed by atoms with Crippen molar-refractivity contribution in [2.24, 2.45) is 5.73 Å². The van der Waals surface area contributed by atoms with Crippen molar-refractivity contribution in [3.05, 3.63) is 0 Å². The molecule has 0 aromatic rings. The summed E-state index contributed by atoms with van der Waals surface area (Å²) >= 11 is 0. The highest BCUT2D eigenvalue weighted by atomic mass is 16.5. The molecule has 0 atom stereocenters. The summed E-state index contributed by atoms with van der Waals surface area (Å²) in [6.45, 7) is 8.39. The van der Waals surface area contributed by atoms with E-state index in [1.54, 1.807) is 7.11 Å². The van der Waals surface area contributed by atoms with E-state index in [9.17, 15) is 0 Å². The maximum Gasteiger partial charge on any atom is 0.0589 e. The molecule has 0 aliphatic heterocycles. The van der Waals surface area contributed by atoms with Gasteiger partial charge in [-0.2, -0.15) is 0 Å². The number of rotatable bonds is 10. The predicted octanol–water partition coefficient (Wildman–Crippen LogP) is 1.86. The molecule has 0 unspecified atom stereocenters. The average Bonchev–Trinajstić information content (AvgIpc) is 2.21. The van der Waals surface area contributed by atoms with Crippen molar-refractivity contribution in [1.29, 1.82) is 0 Å². The Morgan fingerprint density at radius 2 is 1.73 bits per heavy atom. The highest BCUT2D eigenvalue weighted by Gasteiger charge is 2.07. The molecule has 0 aromatic heterocycles. The summed E-state index contributed by atoms with van der Waals surface area (Å²) in [4.78, 5) is 2.48. The molecular formula is C12H28N2O. The molecule has 0 spiro atoms. The van der Waals surface area contributed by atoms with Gasteiger partial charge in [0.15, 0.2) is 0 Å². The lowest BCUT2D eigenvalue weighted by molar-refractivity contribution is 0.128. The van der Waals surface area contributed by atoms with E-state index in [4.69, 9.17) is 10.5 Å². The molecule has 0 fully saturated rings. The lowest BCUT2D eigenvalue weighted by Gasteiger charge is -2.25. The zero-order valence-corrected chi connectivity index (χ0v) is 10.7. The van der Waals surface area contributed by atoms with Crippen molar-refractivity contribution < 1.29 is 4.74 Å². The van der Waals surface area contributed by atoms with E-state index in [-0.39, 0.29) is 0 Å². The van der Waals surface area contributed by atoms with E-state index in [0.717, 1.165) is 19.7 Å². The third-order valence-electron chi connectivity index (χ3n) is 2.71. The Balaban J connectivity index is 3.48. The van der Waals surface area contributed by atoms with Gasteiger partial charge in [0, 0.05) is 19.7 Å². The molecule has 0 rings (SSSR count). The number of hydrogen-bond acceptors (Lipinski definition) is 3. The SMILES string of the molecule is COCCN(CCCCCCN)C(C)C. The molecular weight excluding hydrogens is 188 g/mol. The molecule has 0 aliphatic rings. The minimum atomic E-state index is 0.620. The largest absolute Gasteiger partial charge is 0.383 e. The van der Waals surface area contributed by atoms with Crippen molar-refractivity contribution in [3.8, 4) is 0 Å². The topological polar surface area (TPSA) is 38.5 Å². The van der Waals surface area contributed by atoms with Gasteiger partial charge < -0.3 is 10.5 Å². The van der Waals surface area contributed by atoms with Gasteiger partial charge in [0.1, 0.15) is 0 Å². The normalized spacial score (nSPS) is 11.6. The molecule has 92 valence electrons. The Kier molecular flexibility index (Phi) is 10.3. The third-order valence-corrected chi connectivity index (χ3v) is 2.71. The van der Waals surface area contributed by atoms with E-state index >= 15 is 0 Å². The molecule has 0 aliphatic carbocycles. The molecule has 0 radical (unpaired) electrons. The third kappa shape index (κ3) is 8.85. The van der Waals surface area contributed by atoms with Crippen LogP contribution < -0.4 is 5.73 Å². The molecule has 15 heavy (non-hydrogen) atoms. The van der Waals surface area contributed by atoms with Crippen molar-refractivity contribution in [1.82, 2.24) is 4.90 Å². The number of nitrogens with zero attached hydrogens (tertiary/aromatic N) is 1. The first-order valence-electron chi connectivity index (χ1n) is 6.15. The quantitative estimate of drug-likeness (QED) is 0.567. The average molecular weight is 216 g/mol. The van der Waals surface area contributed by atoms with Crippen LogP contribution in [0.1, 0.15) is 39.5 Å². The Labute approximate surface area is 95.0 Å². The predicted molar refractivity (Wildman–Crippen MR) is 66.1 cm³/mol. The van der Waals surface area contributed by atoms with Crippen LogP contribution in [-0.2, 0) is 4.74 Å². The Morgan fingerprint density at radius 3 is 2.27 bits per heavy atom. The van der Waals surface area contributed by atoms with Gasteiger partial charge in [0.05, 0.1) is 6.61 Å². The molecule has 0 bridgehead atoms. The second-order valence-corrected chi connectivity index (χ2v) is 4.33. The Bertz CT molecular complexity index is 129. The second-order valence-electron chi connectivity index (χ2n) is 4.33. The number of hydrogen-bond donors (Lipinski definition) is 1. The number of unbranched alkanes of at least 4 members (excludes halogenated alkanes) is 3. The van der Waals surface area contributed by atoms with Gasteiger partial charge in [0.2, 0.25) is 0 Å². The Morgan fingerprint density at radius 1 is 1.07 bits per heavy atom. The summed E-state index contributed by atoms with van der Waals surface area (Å²) in [5.74, 6) is 0. The van der Waals surface area contributed by atoms with E-state index < -0.39 is 0 Å². The van der Waals surface area contributed by atoms with Crippen LogP contribution in [0.5, 0.6) is 0 Å². The maximum atomic E-state index is 5.46. The summed E-state index contributed by atoms with van der Waals surface area (Å²) < 4.78 is 5.11. The highest BCUT2D eigenvalue weighted by Crippen LogP contribution is 2.04. The standard InChI is InChI=1S/C12H28N2O/c1-12(2)14(10-11-15-3)9-7-5-4-6-8-13/h12H,4-11,13H2,1-3H3. The first-order valence-corrected chi connectivity index (χ1v) is 6.15. The molecule has 2 N–H and O–H groups in total. The van der Waals surface area contributed by atoms with Gasteiger partial charge in [-0.3, -0.25) is 4.90 Å². The first kappa shape index (κ1) is 14.9. The molecule has 3 nitrogen and oxygen atoms in total. The van der Waals surface area contributed by atoms with Gasteiger partial charge in [0.25, 0.3) is 0 Å². The van der Waals surface area contributed by atoms with Crippen LogP contribution in [0.3, 0.4) is 0 Å². The smallest absolute Gasteiger partial charge is 0.0589 e. The van der Waals surface area contributed by atoms with Crippen LogP contribution in [0.2, 0.25) is 0 Å². The van der Waals surface area contributed by atoms with Crippen LogP contribution in [0.15, 0.2) is 0 Å². The van der Waals surface area contributed by atoms with E-state index in [2.05, 4.69) is 18.7 Å². The number of nitrogens with two attached hydrogens (primary N) is 1. The lowest BCUT2D eigenvalue weighted by Crippen LogP contribution is -2.34. The molecule has 3 heteroatoms. The van der Waals surface area contributed by atoms with Crippen LogP contribution >= 0.6 is 0 Å². The Hall–Kier alpha value is -0.120. The van der Waals surface area contributed by atoms with E-state index in [1.165, 1.54) is 32.2 Å². The van der Waals surface area contributed by atoms with Crippen LogP contribution in [0.4, 0.5) is 0 Å². The molecule has 0 heterocycles. The fourth-order valence-corrected chi connectivity index (χ4v) is 1.65. The zero-order chi connectivity index (χ0) is 11.5. The van der Waals surface area contributed by atoms with Crippen molar-refractivity contribution in [3.63, 3.8) is 0 Å². The lowest BCUT2D eigenvalue weighted by atomic mass is 10.2. The number of methoxy groups -OCH3 is 1. The fraction of sp³-hybridized carbons (Fsp3) is 1.00. The fourth-order valence-electron chi connectivity index (χ4n) is 1.65. The van der Waals surface area contributed by atoms with E-state index in [0.29, 0.717) is 6.04 Å². The van der Waals surface area contributed by atoms with Crippen molar-refractivity contribution >= 4 is 0 Å². The van der Waals surface area contributed by atoms with E-state index in [1.807, 2.05) is 0 Å². The van der Waals surface area contributed by atoms with Gasteiger partial charge >= 0.3 is 0 Å². The van der Waals surface area contributed by atoms with Crippen LogP contribution in [-0.4, -0.2) is 44.3 Å². The maximum absolute atomic E-state index is 5.46. The van der Waals surface area contributed by atoms with Gasteiger partial charge in [-0.05, 0) is 39.8 Å². The summed E-state index contributed by atoms with van der Waals surface area (Å²) in [5, 5.41) is 0. The minimum absolute atomic E-state index is 0.620. The van der Waals surface area contributed by atoms with Gasteiger partial charge in [-0.25, -0.2) is 0 Å². The first-order chi connectivity index (χ1) is 7.22. The second kappa shape index (κ2) is 10.4. The van der Waals surface area contributed by atoms with Crippen molar-refractivity contribution in [2.75, 3.05) is 33.4 Å². The molecule has 0 saturated carbocycles. The van der Waals surface area contributed by atoms with Crippen LogP contribution in [0.25, 0.3) is 0 Å². The summed E-state index contributed by atoms with van der Waals surface area (Å²) in [5.41, 5.74) is 5.46. The summed E-state index contributed by atoms with van der Waals surface area (Å²) in [7, 11) is 1.76. The van der Waals surface area contributed by atoms with Gasteiger partial charge in [-0.15, -0.1) is 0 Å². The highest BCUT2D eigenvalue weighted by molar-refractivity contribution is 4.62. The van der Waals surface area contributed by atoms with Crippen molar-refractivity contribution in [2.45, 2.75) is 45.6 Å².